The highest BCUT2D eigenvalue weighted by Crippen LogP contribution is 2.42. The Morgan fingerprint density at radius 3 is 2.30 bits per heavy atom. The number of halogens is 3. The van der Waals surface area contributed by atoms with Gasteiger partial charge in [-0.3, -0.25) is 0 Å². The Morgan fingerprint density at radius 1 is 0.867 bits per heavy atom. The average molecular weight is 417 g/mol. The Morgan fingerprint density at radius 2 is 1.60 bits per heavy atom. The van der Waals surface area contributed by atoms with Crippen LogP contribution in [0, 0.1) is 29.4 Å². The number of hydrogen-bond donors (Lipinski definition) is 0. The quantitative estimate of drug-likeness (QED) is 0.451. The normalized spacial score (nSPS) is 28.2. The van der Waals surface area contributed by atoms with Crippen LogP contribution in [0.5, 0.6) is 0 Å². The molecule has 3 heteroatoms. The summed E-state index contributed by atoms with van der Waals surface area (Å²) in [4.78, 5) is 0. The maximum Gasteiger partial charge on any atom is 0.162 e. The third-order valence-electron chi connectivity index (χ3n) is 7.93. The highest BCUT2D eigenvalue weighted by Gasteiger charge is 2.31. The van der Waals surface area contributed by atoms with Gasteiger partial charge in [0.2, 0.25) is 0 Å². The van der Waals surface area contributed by atoms with E-state index in [2.05, 4.69) is 6.08 Å². The van der Waals surface area contributed by atoms with Gasteiger partial charge in [0, 0.05) is 5.92 Å². The molecule has 0 nitrogen and oxygen atoms in total. The fourth-order valence-corrected chi connectivity index (χ4v) is 5.99. The van der Waals surface area contributed by atoms with Crippen molar-refractivity contribution in [2.75, 3.05) is 0 Å². The lowest BCUT2D eigenvalue weighted by Gasteiger charge is -2.34. The highest BCUT2D eigenvalue weighted by atomic mass is 19.2. The lowest BCUT2D eigenvalue weighted by molar-refractivity contribution is 0.199. The molecule has 0 aromatic heterocycles. The molecule has 2 saturated carbocycles. The van der Waals surface area contributed by atoms with E-state index in [1.54, 1.807) is 6.08 Å². The van der Waals surface area contributed by atoms with Gasteiger partial charge in [0.25, 0.3) is 0 Å². The van der Waals surface area contributed by atoms with E-state index in [9.17, 15) is 13.2 Å². The Labute approximate surface area is 179 Å². The Hall–Kier alpha value is -1.51. The first-order chi connectivity index (χ1) is 14.5. The number of rotatable bonds is 5. The SMILES string of the molecule is CC1=CCC(C2CCC(CCc3ccc(C4CCCCC4)c(F)c3F)CC2)C(F)=C1. The van der Waals surface area contributed by atoms with Gasteiger partial charge in [-0.1, -0.05) is 55.9 Å². The van der Waals surface area contributed by atoms with Crippen molar-refractivity contribution in [2.45, 2.75) is 89.9 Å². The Balaban J connectivity index is 1.29. The second-order valence-electron chi connectivity index (χ2n) is 9.92. The lowest BCUT2D eigenvalue weighted by atomic mass is 9.72. The summed E-state index contributed by atoms with van der Waals surface area (Å²) in [5.74, 6) is 0.0165. The van der Waals surface area contributed by atoms with Gasteiger partial charge >= 0.3 is 0 Å². The molecule has 0 saturated heterocycles. The van der Waals surface area contributed by atoms with Gasteiger partial charge in [-0.15, -0.1) is 0 Å². The fraction of sp³-hybridized carbons (Fsp3) is 0.630. The summed E-state index contributed by atoms with van der Waals surface area (Å²) >= 11 is 0. The molecule has 0 radical (unpaired) electrons. The van der Waals surface area contributed by atoms with Crippen LogP contribution in [0.3, 0.4) is 0 Å². The zero-order chi connectivity index (χ0) is 21.1. The van der Waals surface area contributed by atoms with Crippen molar-refractivity contribution >= 4 is 0 Å². The predicted molar refractivity (Wildman–Crippen MR) is 117 cm³/mol. The van der Waals surface area contributed by atoms with Crippen molar-refractivity contribution < 1.29 is 13.2 Å². The Bertz CT molecular complexity index is 793. The molecule has 3 aliphatic carbocycles. The molecule has 1 aromatic rings. The van der Waals surface area contributed by atoms with Crippen LogP contribution in [0.2, 0.25) is 0 Å². The standard InChI is InChI=1S/C27H35F3/c1-18-7-15-23(25(28)17-18)21-11-8-19(9-12-21)10-13-22-14-16-24(27(30)26(22)29)20-5-3-2-4-6-20/h7,14,16-17,19-21,23H,2-6,8-13,15H2,1H3. The zero-order valence-corrected chi connectivity index (χ0v) is 18.2. The van der Waals surface area contributed by atoms with E-state index in [-0.39, 0.29) is 17.7 Å². The van der Waals surface area contributed by atoms with E-state index in [0.717, 1.165) is 69.8 Å². The largest absolute Gasteiger partial charge is 0.211 e. The summed E-state index contributed by atoms with van der Waals surface area (Å²) in [6.07, 6.45) is 15.8. The van der Waals surface area contributed by atoms with Gasteiger partial charge in [0.1, 0.15) is 5.83 Å². The Kier molecular flexibility index (Phi) is 7.05. The van der Waals surface area contributed by atoms with Crippen LogP contribution >= 0.6 is 0 Å². The molecule has 30 heavy (non-hydrogen) atoms. The van der Waals surface area contributed by atoms with E-state index < -0.39 is 11.6 Å². The molecule has 0 heterocycles. The van der Waals surface area contributed by atoms with Crippen molar-refractivity contribution in [3.63, 3.8) is 0 Å². The zero-order valence-electron chi connectivity index (χ0n) is 18.2. The minimum Gasteiger partial charge on any atom is -0.211 e. The summed E-state index contributed by atoms with van der Waals surface area (Å²) in [6.45, 7) is 1.95. The maximum absolute atomic E-state index is 14.7. The molecule has 0 aliphatic heterocycles. The van der Waals surface area contributed by atoms with Gasteiger partial charge < -0.3 is 0 Å². The predicted octanol–water partition coefficient (Wildman–Crippen LogP) is 8.57. The van der Waals surface area contributed by atoms with Crippen LogP contribution < -0.4 is 0 Å². The first kappa shape index (κ1) is 21.7. The molecule has 3 aliphatic rings. The molecule has 0 bridgehead atoms. The van der Waals surface area contributed by atoms with E-state index in [0.29, 0.717) is 29.4 Å². The third kappa shape index (κ3) is 4.86. The number of benzene rings is 1. The van der Waals surface area contributed by atoms with Crippen molar-refractivity contribution in [1.29, 1.82) is 0 Å². The smallest absolute Gasteiger partial charge is 0.162 e. The molecule has 1 aromatic carbocycles. The second-order valence-corrected chi connectivity index (χ2v) is 9.92. The van der Waals surface area contributed by atoms with E-state index >= 15 is 0 Å². The molecular formula is C27H35F3. The van der Waals surface area contributed by atoms with Gasteiger partial charge in [-0.25, -0.2) is 13.2 Å². The van der Waals surface area contributed by atoms with Crippen molar-refractivity contribution in [3.05, 3.63) is 58.4 Å². The van der Waals surface area contributed by atoms with Gasteiger partial charge in [0.05, 0.1) is 0 Å². The third-order valence-corrected chi connectivity index (χ3v) is 7.93. The van der Waals surface area contributed by atoms with E-state index in [4.69, 9.17) is 0 Å². The highest BCUT2D eigenvalue weighted by molar-refractivity contribution is 5.29. The molecule has 164 valence electrons. The summed E-state index contributed by atoms with van der Waals surface area (Å²) in [5.41, 5.74) is 2.14. The summed E-state index contributed by atoms with van der Waals surface area (Å²) in [7, 11) is 0. The number of hydrogen-bond acceptors (Lipinski definition) is 0. The van der Waals surface area contributed by atoms with E-state index in [1.807, 2.05) is 19.1 Å². The molecule has 1 atom stereocenters. The van der Waals surface area contributed by atoms with Gasteiger partial charge in [0.15, 0.2) is 11.6 Å². The van der Waals surface area contributed by atoms with Crippen LogP contribution in [-0.4, -0.2) is 0 Å². The van der Waals surface area contributed by atoms with Crippen LogP contribution in [-0.2, 0) is 6.42 Å². The van der Waals surface area contributed by atoms with Gasteiger partial charge in [-0.2, -0.15) is 0 Å². The molecule has 2 fully saturated rings. The van der Waals surface area contributed by atoms with Crippen LogP contribution in [0.4, 0.5) is 13.2 Å². The van der Waals surface area contributed by atoms with Crippen molar-refractivity contribution in [1.82, 2.24) is 0 Å². The number of allylic oxidation sites excluding steroid dienone is 4. The van der Waals surface area contributed by atoms with Crippen molar-refractivity contribution in [3.8, 4) is 0 Å². The molecule has 0 amide bonds. The first-order valence-corrected chi connectivity index (χ1v) is 12.0. The molecular weight excluding hydrogens is 381 g/mol. The van der Waals surface area contributed by atoms with Crippen LogP contribution in [0.1, 0.15) is 94.6 Å². The topological polar surface area (TPSA) is 0 Å². The average Bonchev–Trinajstić information content (AvgIpc) is 2.76. The van der Waals surface area contributed by atoms with Gasteiger partial charge in [-0.05, 0) is 86.8 Å². The molecule has 0 spiro atoms. The molecule has 0 N–H and O–H groups in total. The monoisotopic (exact) mass is 416 g/mol. The fourth-order valence-electron chi connectivity index (χ4n) is 5.99. The summed E-state index contributed by atoms with van der Waals surface area (Å²) in [5, 5.41) is 0. The lowest BCUT2D eigenvalue weighted by Crippen LogP contribution is -2.23. The number of aryl methyl sites for hydroxylation is 1. The second kappa shape index (κ2) is 9.75. The summed E-state index contributed by atoms with van der Waals surface area (Å²) in [6, 6.07) is 3.67. The van der Waals surface area contributed by atoms with E-state index in [1.165, 1.54) is 6.42 Å². The first-order valence-electron chi connectivity index (χ1n) is 12.0. The van der Waals surface area contributed by atoms with Crippen LogP contribution in [0.25, 0.3) is 0 Å². The molecule has 4 rings (SSSR count). The molecule has 1 unspecified atom stereocenters. The summed E-state index contributed by atoms with van der Waals surface area (Å²) < 4.78 is 43.8. The van der Waals surface area contributed by atoms with Crippen LogP contribution in [0.15, 0.2) is 35.7 Å². The van der Waals surface area contributed by atoms with Crippen molar-refractivity contribution in [2.24, 2.45) is 17.8 Å². The maximum atomic E-state index is 14.7. The minimum atomic E-state index is -0.622. The minimum absolute atomic E-state index is 0.0496.